The number of anilines is 1. The molecular formula is C21H24N4O4S. The summed E-state index contributed by atoms with van der Waals surface area (Å²) in [5.41, 5.74) is 0.629. The molecule has 1 atom stereocenters. The summed E-state index contributed by atoms with van der Waals surface area (Å²) in [5.74, 6) is 2.69. The third-order valence-corrected chi connectivity index (χ3v) is 5.32. The highest BCUT2D eigenvalue weighted by Crippen LogP contribution is 2.27. The molecule has 158 valence electrons. The molecule has 0 aliphatic carbocycles. The van der Waals surface area contributed by atoms with E-state index < -0.39 is 0 Å². The van der Waals surface area contributed by atoms with Gasteiger partial charge in [-0.2, -0.15) is 0 Å². The quantitative estimate of drug-likeness (QED) is 0.520. The molecule has 1 heterocycles. The van der Waals surface area contributed by atoms with Crippen LogP contribution in [0.5, 0.6) is 17.2 Å². The number of aromatic nitrogens is 3. The molecule has 0 aliphatic heterocycles. The second-order valence-electron chi connectivity index (χ2n) is 6.38. The Hall–Kier alpha value is -3.20. The Morgan fingerprint density at radius 2 is 1.87 bits per heavy atom. The lowest BCUT2D eigenvalue weighted by molar-refractivity contribution is -0.113. The van der Waals surface area contributed by atoms with Gasteiger partial charge in [-0.25, -0.2) is 0 Å². The highest BCUT2D eigenvalue weighted by atomic mass is 32.2. The van der Waals surface area contributed by atoms with Crippen molar-refractivity contribution >= 4 is 23.4 Å². The predicted octanol–water partition coefficient (Wildman–Crippen LogP) is 3.70. The van der Waals surface area contributed by atoms with E-state index in [1.54, 1.807) is 26.4 Å². The molecule has 3 aromatic rings. The lowest BCUT2D eigenvalue weighted by atomic mass is 10.3. The van der Waals surface area contributed by atoms with Crippen LogP contribution in [0, 0.1) is 0 Å². The minimum absolute atomic E-state index is 0.158. The van der Waals surface area contributed by atoms with E-state index in [0.717, 1.165) is 5.75 Å². The maximum atomic E-state index is 12.3. The van der Waals surface area contributed by atoms with Gasteiger partial charge in [0.25, 0.3) is 0 Å². The number of benzene rings is 2. The number of amides is 1. The fourth-order valence-electron chi connectivity index (χ4n) is 2.80. The van der Waals surface area contributed by atoms with Gasteiger partial charge in [-0.15, -0.1) is 10.2 Å². The molecule has 3 rings (SSSR count). The van der Waals surface area contributed by atoms with Gasteiger partial charge < -0.3 is 24.1 Å². The van der Waals surface area contributed by atoms with Gasteiger partial charge in [0.2, 0.25) is 5.91 Å². The number of rotatable bonds is 9. The zero-order valence-electron chi connectivity index (χ0n) is 17.3. The predicted molar refractivity (Wildman–Crippen MR) is 115 cm³/mol. The monoisotopic (exact) mass is 428 g/mol. The van der Waals surface area contributed by atoms with Gasteiger partial charge in [0.05, 0.1) is 25.7 Å². The van der Waals surface area contributed by atoms with Gasteiger partial charge in [0.15, 0.2) is 17.1 Å². The van der Waals surface area contributed by atoms with Gasteiger partial charge >= 0.3 is 0 Å². The summed E-state index contributed by atoms with van der Waals surface area (Å²) in [6.07, 6.45) is -0.327. The Morgan fingerprint density at radius 1 is 1.10 bits per heavy atom. The average Bonchev–Trinajstić information content (AvgIpc) is 3.13. The van der Waals surface area contributed by atoms with Crippen molar-refractivity contribution in [1.82, 2.24) is 14.8 Å². The van der Waals surface area contributed by atoms with E-state index in [-0.39, 0.29) is 17.8 Å². The molecule has 0 fully saturated rings. The van der Waals surface area contributed by atoms with Crippen LogP contribution >= 0.6 is 11.8 Å². The summed E-state index contributed by atoms with van der Waals surface area (Å²) in [5, 5.41) is 11.9. The first-order valence-electron chi connectivity index (χ1n) is 9.27. The van der Waals surface area contributed by atoms with E-state index in [4.69, 9.17) is 14.2 Å². The second-order valence-corrected chi connectivity index (χ2v) is 7.32. The van der Waals surface area contributed by atoms with E-state index in [2.05, 4.69) is 15.5 Å². The van der Waals surface area contributed by atoms with Crippen LogP contribution in [0.25, 0.3) is 0 Å². The maximum absolute atomic E-state index is 12.3. The topological polar surface area (TPSA) is 87.5 Å². The number of nitrogens with zero attached hydrogens (tertiary/aromatic N) is 3. The second kappa shape index (κ2) is 10.0. The zero-order chi connectivity index (χ0) is 21.5. The lowest BCUT2D eigenvalue weighted by Gasteiger charge is -2.15. The van der Waals surface area contributed by atoms with E-state index in [1.165, 1.54) is 11.8 Å². The molecule has 2 aromatic carbocycles. The SMILES string of the molecule is COc1cccc(OC(C)c2nnc(SCC(=O)Nc3ccccc3OC)n2C)c1. The molecule has 1 amide bonds. The largest absolute Gasteiger partial charge is 0.497 e. The van der Waals surface area contributed by atoms with E-state index in [0.29, 0.717) is 28.2 Å². The molecule has 1 N–H and O–H groups in total. The number of hydrogen-bond acceptors (Lipinski definition) is 7. The Labute approximate surface area is 179 Å². The summed E-state index contributed by atoms with van der Waals surface area (Å²) >= 11 is 1.30. The maximum Gasteiger partial charge on any atom is 0.234 e. The summed E-state index contributed by atoms with van der Waals surface area (Å²) in [6, 6.07) is 14.6. The van der Waals surface area contributed by atoms with Crippen molar-refractivity contribution in [1.29, 1.82) is 0 Å². The first kappa shape index (κ1) is 21.5. The standard InChI is InChI=1S/C21H24N4O4S/c1-14(29-16-9-7-8-15(12-16)27-3)20-23-24-21(25(20)2)30-13-19(26)22-17-10-5-6-11-18(17)28-4/h5-12,14H,13H2,1-4H3,(H,22,26). The average molecular weight is 429 g/mol. The molecule has 0 saturated heterocycles. The number of carbonyl (C=O) groups excluding carboxylic acids is 1. The fraction of sp³-hybridized carbons (Fsp3) is 0.286. The van der Waals surface area contributed by atoms with E-state index in [9.17, 15) is 4.79 Å². The number of hydrogen-bond donors (Lipinski definition) is 1. The molecule has 9 heteroatoms. The van der Waals surface area contributed by atoms with Crippen molar-refractivity contribution in [3.05, 3.63) is 54.4 Å². The third kappa shape index (κ3) is 5.24. The fourth-order valence-corrected chi connectivity index (χ4v) is 3.52. The summed E-state index contributed by atoms with van der Waals surface area (Å²) in [7, 11) is 5.02. The number of carbonyl (C=O) groups is 1. The third-order valence-electron chi connectivity index (χ3n) is 4.30. The van der Waals surface area contributed by atoms with Crippen LogP contribution in [0.3, 0.4) is 0 Å². The summed E-state index contributed by atoms with van der Waals surface area (Å²) < 4.78 is 18.3. The van der Waals surface area contributed by atoms with Gasteiger partial charge in [-0.05, 0) is 31.2 Å². The van der Waals surface area contributed by atoms with Crippen LogP contribution in [-0.2, 0) is 11.8 Å². The van der Waals surface area contributed by atoms with Crippen LogP contribution in [0.4, 0.5) is 5.69 Å². The van der Waals surface area contributed by atoms with Crippen molar-refractivity contribution in [3.63, 3.8) is 0 Å². The Kier molecular flexibility index (Phi) is 7.18. The lowest BCUT2D eigenvalue weighted by Crippen LogP contribution is -2.15. The smallest absolute Gasteiger partial charge is 0.234 e. The van der Waals surface area contributed by atoms with Crippen LogP contribution < -0.4 is 19.5 Å². The van der Waals surface area contributed by atoms with Crippen LogP contribution in [0.2, 0.25) is 0 Å². The molecule has 8 nitrogen and oxygen atoms in total. The van der Waals surface area contributed by atoms with Crippen LogP contribution in [0.1, 0.15) is 18.9 Å². The minimum atomic E-state index is -0.327. The number of thioether (sulfide) groups is 1. The van der Waals surface area contributed by atoms with Crippen molar-refractivity contribution in [2.45, 2.75) is 18.2 Å². The first-order chi connectivity index (χ1) is 14.5. The molecule has 0 saturated carbocycles. The molecule has 1 aromatic heterocycles. The number of ether oxygens (including phenoxy) is 3. The van der Waals surface area contributed by atoms with Crippen molar-refractivity contribution in [3.8, 4) is 17.2 Å². The molecule has 30 heavy (non-hydrogen) atoms. The first-order valence-corrected chi connectivity index (χ1v) is 10.3. The molecule has 0 radical (unpaired) electrons. The normalized spacial score (nSPS) is 11.6. The van der Waals surface area contributed by atoms with Gasteiger partial charge in [-0.1, -0.05) is 30.0 Å². The Morgan fingerprint density at radius 3 is 2.63 bits per heavy atom. The molecule has 0 bridgehead atoms. The minimum Gasteiger partial charge on any atom is -0.497 e. The number of nitrogens with one attached hydrogen (secondary N) is 1. The van der Waals surface area contributed by atoms with E-state index in [1.807, 2.05) is 54.9 Å². The van der Waals surface area contributed by atoms with E-state index >= 15 is 0 Å². The molecule has 1 unspecified atom stereocenters. The summed E-state index contributed by atoms with van der Waals surface area (Å²) in [6.45, 7) is 1.90. The van der Waals surface area contributed by atoms with Crippen LogP contribution in [0.15, 0.2) is 53.7 Å². The highest BCUT2D eigenvalue weighted by molar-refractivity contribution is 7.99. The number of para-hydroxylation sites is 2. The highest BCUT2D eigenvalue weighted by Gasteiger charge is 2.18. The van der Waals surface area contributed by atoms with Crippen molar-refractivity contribution in [2.75, 3.05) is 25.3 Å². The van der Waals surface area contributed by atoms with Crippen LogP contribution in [-0.4, -0.2) is 40.6 Å². The Balaban J connectivity index is 1.60. The number of methoxy groups -OCH3 is 2. The zero-order valence-corrected chi connectivity index (χ0v) is 18.1. The molecule has 0 spiro atoms. The van der Waals surface area contributed by atoms with Crippen molar-refractivity contribution in [2.24, 2.45) is 7.05 Å². The molecular weight excluding hydrogens is 404 g/mol. The van der Waals surface area contributed by atoms with Gasteiger partial charge in [-0.3, -0.25) is 4.79 Å². The van der Waals surface area contributed by atoms with Crippen molar-refractivity contribution < 1.29 is 19.0 Å². The molecule has 0 aliphatic rings. The summed E-state index contributed by atoms with van der Waals surface area (Å²) in [4.78, 5) is 12.3. The van der Waals surface area contributed by atoms with Gasteiger partial charge in [0, 0.05) is 13.1 Å². The Bertz CT molecular complexity index is 1010. The van der Waals surface area contributed by atoms with Gasteiger partial charge in [0.1, 0.15) is 17.2 Å².